The van der Waals surface area contributed by atoms with Crippen molar-refractivity contribution in [1.29, 1.82) is 0 Å². The zero-order chi connectivity index (χ0) is 19.1. The van der Waals surface area contributed by atoms with E-state index in [9.17, 15) is 9.18 Å². The van der Waals surface area contributed by atoms with Gasteiger partial charge < -0.3 is 15.4 Å². The Labute approximate surface area is 157 Å². The number of anilines is 2. The molecule has 0 fully saturated rings. The fourth-order valence-electron chi connectivity index (χ4n) is 2.57. The van der Waals surface area contributed by atoms with E-state index in [2.05, 4.69) is 15.6 Å². The first-order valence-electron chi connectivity index (χ1n) is 8.54. The summed E-state index contributed by atoms with van der Waals surface area (Å²) < 4.78 is 18.4. The van der Waals surface area contributed by atoms with Crippen molar-refractivity contribution < 1.29 is 13.9 Å². The standard InChI is InChI=1S/C21H20FN3O2/c1-27-19-7-5-15(6-8-19)9-11-23-20-13-16(10-12-24-20)21(26)25-18-4-2-3-17(22)14-18/h2-8,10,12-14H,9,11H2,1H3,(H,23,24)(H,25,26). The highest BCUT2D eigenvalue weighted by molar-refractivity contribution is 6.04. The van der Waals surface area contributed by atoms with Crippen LogP contribution in [0, 0.1) is 5.82 Å². The quantitative estimate of drug-likeness (QED) is 0.661. The lowest BCUT2D eigenvalue weighted by atomic mass is 10.1. The van der Waals surface area contributed by atoms with Gasteiger partial charge in [-0.15, -0.1) is 0 Å². The molecular weight excluding hydrogens is 345 g/mol. The Morgan fingerprint density at radius 3 is 2.67 bits per heavy atom. The van der Waals surface area contributed by atoms with Crippen LogP contribution in [0.5, 0.6) is 5.75 Å². The van der Waals surface area contributed by atoms with Gasteiger partial charge >= 0.3 is 0 Å². The van der Waals surface area contributed by atoms with Gasteiger partial charge in [-0.1, -0.05) is 18.2 Å². The van der Waals surface area contributed by atoms with Crippen LogP contribution in [0.4, 0.5) is 15.9 Å². The normalized spacial score (nSPS) is 10.3. The summed E-state index contributed by atoms with van der Waals surface area (Å²) in [4.78, 5) is 16.6. The van der Waals surface area contributed by atoms with E-state index in [1.165, 1.54) is 17.7 Å². The second kappa shape index (κ2) is 8.80. The minimum absolute atomic E-state index is 0.318. The Kier molecular flexibility index (Phi) is 5.99. The van der Waals surface area contributed by atoms with Crippen LogP contribution in [0.25, 0.3) is 0 Å². The SMILES string of the molecule is COc1ccc(CCNc2cc(C(=O)Nc3cccc(F)c3)ccn2)cc1. The fourth-order valence-corrected chi connectivity index (χ4v) is 2.57. The number of rotatable bonds is 7. The van der Waals surface area contributed by atoms with Crippen LogP contribution in [-0.2, 0) is 6.42 Å². The summed E-state index contributed by atoms with van der Waals surface area (Å²) >= 11 is 0. The first-order chi connectivity index (χ1) is 13.1. The van der Waals surface area contributed by atoms with Crippen molar-refractivity contribution in [2.45, 2.75) is 6.42 Å². The van der Waals surface area contributed by atoms with Gasteiger partial charge in [-0.25, -0.2) is 9.37 Å². The minimum atomic E-state index is -0.400. The molecule has 0 atom stereocenters. The topological polar surface area (TPSA) is 63.2 Å². The van der Waals surface area contributed by atoms with Crippen LogP contribution >= 0.6 is 0 Å². The molecule has 138 valence electrons. The highest BCUT2D eigenvalue weighted by Crippen LogP contribution is 2.14. The van der Waals surface area contributed by atoms with E-state index in [0.29, 0.717) is 23.6 Å². The lowest BCUT2D eigenvalue weighted by molar-refractivity contribution is 0.102. The number of hydrogen-bond donors (Lipinski definition) is 2. The van der Waals surface area contributed by atoms with Crippen molar-refractivity contribution in [1.82, 2.24) is 4.98 Å². The number of amides is 1. The van der Waals surface area contributed by atoms with Gasteiger partial charge in [0.2, 0.25) is 0 Å². The summed E-state index contributed by atoms with van der Waals surface area (Å²) in [6.07, 6.45) is 2.38. The fraction of sp³-hybridized carbons (Fsp3) is 0.143. The van der Waals surface area contributed by atoms with E-state index in [4.69, 9.17) is 4.74 Å². The molecule has 3 rings (SSSR count). The zero-order valence-electron chi connectivity index (χ0n) is 14.9. The number of benzene rings is 2. The number of pyridine rings is 1. The summed E-state index contributed by atoms with van der Waals surface area (Å²) in [6.45, 7) is 0.675. The Morgan fingerprint density at radius 1 is 1.11 bits per heavy atom. The minimum Gasteiger partial charge on any atom is -0.497 e. The third-order valence-corrected chi connectivity index (χ3v) is 3.98. The number of halogens is 1. The van der Waals surface area contributed by atoms with Gasteiger partial charge in [0, 0.05) is 24.0 Å². The molecule has 6 heteroatoms. The lowest BCUT2D eigenvalue weighted by Gasteiger charge is -2.09. The second-order valence-corrected chi connectivity index (χ2v) is 5.92. The summed E-state index contributed by atoms with van der Waals surface area (Å²) in [5.74, 6) is 0.713. The molecule has 1 amide bonds. The van der Waals surface area contributed by atoms with E-state index in [0.717, 1.165) is 12.2 Å². The molecule has 3 aromatic rings. The first kappa shape index (κ1) is 18.4. The Morgan fingerprint density at radius 2 is 1.93 bits per heavy atom. The summed E-state index contributed by atoms with van der Waals surface area (Å²) in [5.41, 5.74) is 2.02. The molecule has 0 saturated heterocycles. The van der Waals surface area contributed by atoms with E-state index in [1.54, 1.807) is 37.6 Å². The molecule has 0 bridgehead atoms. The molecule has 0 radical (unpaired) electrons. The molecular formula is C21H20FN3O2. The molecule has 1 aromatic heterocycles. The van der Waals surface area contributed by atoms with Crippen molar-refractivity contribution >= 4 is 17.4 Å². The van der Waals surface area contributed by atoms with Gasteiger partial charge in [0.15, 0.2) is 0 Å². The maximum Gasteiger partial charge on any atom is 0.255 e. The number of nitrogens with zero attached hydrogens (tertiary/aromatic N) is 1. The number of carbonyl (C=O) groups is 1. The highest BCUT2D eigenvalue weighted by atomic mass is 19.1. The maximum atomic E-state index is 13.2. The monoisotopic (exact) mass is 365 g/mol. The molecule has 2 aromatic carbocycles. The summed E-state index contributed by atoms with van der Waals surface area (Å²) in [5, 5.41) is 5.88. The van der Waals surface area contributed by atoms with Crippen molar-refractivity contribution in [2.75, 3.05) is 24.3 Å². The zero-order valence-corrected chi connectivity index (χ0v) is 14.9. The first-order valence-corrected chi connectivity index (χ1v) is 8.54. The molecule has 0 spiro atoms. The van der Waals surface area contributed by atoms with Crippen LogP contribution < -0.4 is 15.4 Å². The van der Waals surface area contributed by atoms with Crippen LogP contribution in [0.3, 0.4) is 0 Å². The van der Waals surface area contributed by atoms with Crippen molar-refractivity contribution in [2.24, 2.45) is 0 Å². The van der Waals surface area contributed by atoms with E-state index in [-0.39, 0.29) is 5.91 Å². The average Bonchev–Trinajstić information content (AvgIpc) is 2.69. The molecule has 1 heterocycles. The van der Waals surface area contributed by atoms with Gasteiger partial charge in [-0.05, 0) is 54.4 Å². The lowest BCUT2D eigenvalue weighted by Crippen LogP contribution is -2.13. The van der Waals surface area contributed by atoms with Crippen molar-refractivity contribution in [3.8, 4) is 5.75 Å². The van der Waals surface area contributed by atoms with Crippen LogP contribution in [0.2, 0.25) is 0 Å². The molecule has 0 saturated carbocycles. The molecule has 5 nitrogen and oxygen atoms in total. The van der Waals surface area contributed by atoms with Crippen LogP contribution in [0.1, 0.15) is 15.9 Å². The molecule has 2 N–H and O–H groups in total. The predicted octanol–water partition coefficient (Wildman–Crippen LogP) is 4.14. The second-order valence-electron chi connectivity index (χ2n) is 5.92. The highest BCUT2D eigenvalue weighted by Gasteiger charge is 2.08. The molecule has 0 unspecified atom stereocenters. The van der Waals surface area contributed by atoms with Crippen molar-refractivity contribution in [3.05, 3.63) is 83.8 Å². The Hall–Kier alpha value is -3.41. The summed E-state index contributed by atoms with van der Waals surface area (Å²) in [7, 11) is 1.64. The van der Waals surface area contributed by atoms with Gasteiger partial charge in [0.1, 0.15) is 17.4 Å². The molecule has 0 aliphatic rings. The number of ether oxygens (including phenoxy) is 1. The third-order valence-electron chi connectivity index (χ3n) is 3.98. The average molecular weight is 365 g/mol. The van der Waals surface area contributed by atoms with E-state index >= 15 is 0 Å². The number of methoxy groups -OCH3 is 1. The number of hydrogen-bond acceptors (Lipinski definition) is 4. The Bertz CT molecular complexity index is 913. The predicted molar refractivity (Wildman–Crippen MR) is 104 cm³/mol. The maximum absolute atomic E-state index is 13.2. The van der Waals surface area contributed by atoms with E-state index < -0.39 is 5.82 Å². The molecule has 0 aliphatic heterocycles. The van der Waals surface area contributed by atoms with Crippen LogP contribution in [-0.4, -0.2) is 24.5 Å². The van der Waals surface area contributed by atoms with Gasteiger partial charge in [-0.3, -0.25) is 4.79 Å². The van der Waals surface area contributed by atoms with E-state index in [1.807, 2.05) is 24.3 Å². The smallest absolute Gasteiger partial charge is 0.255 e. The number of carbonyl (C=O) groups excluding carboxylic acids is 1. The number of aromatic nitrogens is 1. The van der Waals surface area contributed by atoms with Crippen molar-refractivity contribution in [3.63, 3.8) is 0 Å². The van der Waals surface area contributed by atoms with Crippen LogP contribution in [0.15, 0.2) is 66.9 Å². The third kappa shape index (κ3) is 5.28. The number of nitrogens with one attached hydrogen (secondary N) is 2. The van der Waals surface area contributed by atoms with Gasteiger partial charge in [0.05, 0.1) is 7.11 Å². The Balaban J connectivity index is 1.57. The van der Waals surface area contributed by atoms with Gasteiger partial charge in [0.25, 0.3) is 5.91 Å². The molecule has 0 aliphatic carbocycles. The summed E-state index contributed by atoms with van der Waals surface area (Å²) in [6, 6.07) is 16.9. The largest absolute Gasteiger partial charge is 0.497 e. The van der Waals surface area contributed by atoms with Gasteiger partial charge in [-0.2, -0.15) is 0 Å². The molecule has 27 heavy (non-hydrogen) atoms.